The molecule has 0 spiro atoms. The quantitative estimate of drug-likeness (QED) is 0.609. The molecule has 0 amide bonds. The molecule has 120 valence electrons. The van der Waals surface area contributed by atoms with E-state index >= 15 is 0 Å². The highest BCUT2D eigenvalue weighted by molar-refractivity contribution is 6.35. The van der Waals surface area contributed by atoms with Gasteiger partial charge in [-0.1, -0.05) is 29.3 Å². The fraction of sp³-hybridized carbons (Fsp3) is 0.188. The summed E-state index contributed by atoms with van der Waals surface area (Å²) >= 11 is 11.7. The fourth-order valence-corrected chi connectivity index (χ4v) is 2.09. The maximum Gasteiger partial charge on any atom is 0.362 e. The summed E-state index contributed by atoms with van der Waals surface area (Å²) in [4.78, 5) is 27.9. The van der Waals surface area contributed by atoms with E-state index in [1.54, 1.807) is 19.9 Å². The van der Waals surface area contributed by atoms with Crippen LogP contribution in [0.2, 0.25) is 10.0 Å². The molecular weight excluding hydrogens is 341 g/mol. The number of esters is 2. The van der Waals surface area contributed by atoms with E-state index in [0.29, 0.717) is 5.02 Å². The molecule has 0 radical (unpaired) electrons. The number of hydrogen-bond donors (Lipinski definition) is 0. The van der Waals surface area contributed by atoms with Crippen LogP contribution >= 0.6 is 23.2 Å². The number of ether oxygens (including phenoxy) is 2. The number of nitrogens with zero attached hydrogens (tertiary/aromatic N) is 1. The Kier molecular flexibility index (Phi) is 5.58. The number of halogens is 2. The van der Waals surface area contributed by atoms with E-state index < -0.39 is 11.9 Å². The lowest BCUT2D eigenvalue weighted by molar-refractivity contribution is 0.0370. The van der Waals surface area contributed by atoms with Crippen LogP contribution in [0.4, 0.5) is 0 Å². The molecule has 0 fully saturated rings. The van der Waals surface area contributed by atoms with Crippen LogP contribution in [0.25, 0.3) is 0 Å². The summed E-state index contributed by atoms with van der Waals surface area (Å²) in [5, 5.41) is 0.618. The largest absolute Gasteiger partial charge is 0.458 e. The van der Waals surface area contributed by atoms with E-state index in [1.165, 1.54) is 30.3 Å². The molecule has 0 aliphatic rings. The lowest BCUT2D eigenvalue weighted by Crippen LogP contribution is -2.16. The number of rotatable bonds is 4. The van der Waals surface area contributed by atoms with Crippen molar-refractivity contribution in [2.24, 2.45) is 0 Å². The van der Waals surface area contributed by atoms with Gasteiger partial charge in [-0.2, -0.15) is 0 Å². The van der Waals surface area contributed by atoms with Crippen LogP contribution < -0.4 is 4.74 Å². The number of benzene rings is 1. The molecule has 2 aromatic rings. The Labute approximate surface area is 143 Å². The normalized spacial score (nSPS) is 10.5. The molecule has 0 aliphatic heterocycles. The average Bonchev–Trinajstić information content (AvgIpc) is 2.49. The SMILES string of the molecule is CC(C)OC(=O)c1cccc(C(=O)Oc2ccc(Cl)cc2Cl)n1. The minimum absolute atomic E-state index is 0.0235. The first-order valence-corrected chi connectivity index (χ1v) is 7.47. The van der Waals surface area contributed by atoms with Gasteiger partial charge in [0.15, 0.2) is 0 Å². The summed E-state index contributed by atoms with van der Waals surface area (Å²) in [6.45, 7) is 3.44. The fourth-order valence-electron chi connectivity index (χ4n) is 1.65. The minimum Gasteiger partial charge on any atom is -0.458 e. The van der Waals surface area contributed by atoms with Crippen LogP contribution in [0.15, 0.2) is 36.4 Å². The number of hydrogen-bond acceptors (Lipinski definition) is 5. The van der Waals surface area contributed by atoms with Crippen LogP contribution in [0.3, 0.4) is 0 Å². The summed E-state index contributed by atoms with van der Waals surface area (Å²) < 4.78 is 10.2. The third kappa shape index (κ3) is 4.68. The highest BCUT2D eigenvalue weighted by Gasteiger charge is 2.17. The molecular formula is C16H13Cl2NO4. The van der Waals surface area contributed by atoms with Crippen molar-refractivity contribution in [2.75, 3.05) is 0 Å². The van der Waals surface area contributed by atoms with Crippen molar-refractivity contribution in [3.63, 3.8) is 0 Å². The molecule has 0 aliphatic carbocycles. The first-order chi connectivity index (χ1) is 10.9. The molecule has 7 heteroatoms. The maximum atomic E-state index is 12.1. The zero-order chi connectivity index (χ0) is 17.0. The second-order valence-electron chi connectivity index (χ2n) is 4.83. The third-order valence-corrected chi connectivity index (χ3v) is 3.14. The molecule has 0 N–H and O–H groups in total. The van der Waals surface area contributed by atoms with E-state index in [4.69, 9.17) is 32.7 Å². The van der Waals surface area contributed by atoms with Crippen LogP contribution in [0, 0.1) is 0 Å². The molecule has 1 aromatic heterocycles. The Morgan fingerprint density at radius 1 is 1.04 bits per heavy atom. The van der Waals surface area contributed by atoms with Gasteiger partial charge < -0.3 is 9.47 Å². The van der Waals surface area contributed by atoms with Gasteiger partial charge in [0.05, 0.1) is 11.1 Å². The molecule has 23 heavy (non-hydrogen) atoms. The van der Waals surface area contributed by atoms with Gasteiger partial charge >= 0.3 is 11.9 Å². The van der Waals surface area contributed by atoms with Crippen molar-refractivity contribution >= 4 is 35.1 Å². The summed E-state index contributed by atoms with van der Waals surface area (Å²) in [6, 6.07) is 8.87. The summed E-state index contributed by atoms with van der Waals surface area (Å²) in [5.74, 6) is -1.20. The molecule has 0 saturated heterocycles. The second-order valence-corrected chi connectivity index (χ2v) is 5.67. The van der Waals surface area contributed by atoms with Crippen LogP contribution in [-0.4, -0.2) is 23.0 Å². The maximum absolute atomic E-state index is 12.1. The first-order valence-electron chi connectivity index (χ1n) is 6.72. The molecule has 1 aromatic carbocycles. The molecule has 0 saturated carbocycles. The number of carbonyl (C=O) groups excluding carboxylic acids is 2. The topological polar surface area (TPSA) is 65.5 Å². The van der Waals surface area contributed by atoms with Crippen molar-refractivity contribution in [3.8, 4) is 5.75 Å². The van der Waals surface area contributed by atoms with E-state index in [-0.39, 0.29) is 28.3 Å². The van der Waals surface area contributed by atoms with Crippen molar-refractivity contribution in [2.45, 2.75) is 20.0 Å². The first kappa shape index (κ1) is 17.2. The third-order valence-electron chi connectivity index (χ3n) is 2.61. The van der Waals surface area contributed by atoms with E-state index in [9.17, 15) is 9.59 Å². The Morgan fingerprint density at radius 2 is 1.70 bits per heavy atom. The van der Waals surface area contributed by atoms with Gasteiger partial charge in [0, 0.05) is 5.02 Å². The van der Waals surface area contributed by atoms with E-state index in [2.05, 4.69) is 4.98 Å². The average molecular weight is 354 g/mol. The van der Waals surface area contributed by atoms with Crippen molar-refractivity contribution in [1.82, 2.24) is 4.98 Å². The standard InChI is InChI=1S/C16H13Cl2NO4/c1-9(2)22-15(20)12-4-3-5-13(19-12)16(21)23-14-7-6-10(17)8-11(14)18/h3-9H,1-2H3. The minimum atomic E-state index is -0.742. The van der Waals surface area contributed by atoms with Gasteiger partial charge in [0.2, 0.25) is 0 Å². The van der Waals surface area contributed by atoms with Crippen molar-refractivity contribution in [3.05, 3.63) is 57.8 Å². The lowest BCUT2D eigenvalue weighted by atomic mass is 10.3. The van der Waals surface area contributed by atoms with Crippen LogP contribution in [0.1, 0.15) is 34.8 Å². The Bertz CT molecular complexity index is 747. The predicted molar refractivity (Wildman–Crippen MR) is 86.2 cm³/mol. The van der Waals surface area contributed by atoms with E-state index in [1.807, 2.05) is 0 Å². The Balaban J connectivity index is 2.18. The molecule has 2 rings (SSSR count). The van der Waals surface area contributed by atoms with Gasteiger partial charge in [0.25, 0.3) is 0 Å². The zero-order valence-corrected chi connectivity index (χ0v) is 13.9. The zero-order valence-electron chi connectivity index (χ0n) is 12.4. The monoisotopic (exact) mass is 353 g/mol. The molecule has 0 bridgehead atoms. The summed E-state index contributed by atoms with van der Waals surface area (Å²) in [6.07, 6.45) is -0.284. The molecule has 1 heterocycles. The van der Waals surface area contributed by atoms with Gasteiger partial charge in [-0.05, 0) is 44.2 Å². The van der Waals surface area contributed by atoms with Crippen molar-refractivity contribution < 1.29 is 19.1 Å². The van der Waals surface area contributed by atoms with E-state index in [0.717, 1.165) is 0 Å². The number of pyridine rings is 1. The Hall–Kier alpha value is -2.11. The highest BCUT2D eigenvalue weighted by Crippen LogP contribution is 2.28. The van der Waals surface area contributed by atoms with Gasteiger partial charge in [-0.15, -0.1) is 0 Å². The lowest BCUT2D eigenvalue weighted by Gasteiger charge is -2.09. The second kappa shape index (κ2) is 7.44. The number of aromatic nitrogens is 1. The van der Waals surface area contributed by atoms with Crippen LogP contribution in [-0.2, 0) is 4.74 Å². The van der Waals surface area contributed by atoms with Gasteiger partial charge in [-0.25, -0.2) is 14.6 Å². The predicted octanol–water partition coefficient (Wildman–Crippen LogP) is 4.17. The molecule has 5 nitrogen and oxygen atoms in total. The van der Waals surface area contributed by atoms with Crippen molar-refractivity contribution in [1.29, 1.82) is 0 Å². The Morgan fingerprint density at radius 3 is 2.30 bits per heavy atom. The molecule has 0 unspecified atom stereocenters. The van der Waals surface area contributed by atoms with Gasteiger partial charge in [0.1, 0.15) is 17.1 Å². The summed E-state index contributed by atoms with van der Waals surface area (Å²) in [5.41, 5.74) is -0.00965. The van der Waals surface area contributed by atoms with Gasteiger partial charge in [-0.3, -0.25) is 0 Å². The number of carbonyl (C=O) groups is 2. The highest BCUT2D eigenvalue weighted by atomic mass is 35.5. The summed E-state index contributed by atoms with van der Waals surface area (Å²) in [7, 11) is 0. The van der Waals surface area contributed by atoms with Crippen LogP contribution in [0.5, 0.6) is 5.75 Å². The smallest absolute Gasteiger partial charge is 0.362 e. The molecule has 0 atom stereocenters.